The van der Waals surface area contributed by atoms with Gasteiger partial charge >= 0.3 is 0 Å². The number of halogens is 2. The van der Waals surface area contributed by atoms with E-state index in [9.17, 15) is 18.8 Å². The lowest BCUT2D eigenvalue weighted by molar-refractivity contribution is -0.121. The topological polar surface area (TPSA) is 69.7 Å². The predicted octanol–water partition coefficient (Wildman–Crippen LogP) is 4.45. The van der Waals surface area contributed by atoms with E-state index in [1.54, 1.807) is 28.0 Å². The smallest absolute Gasteiger partial charge is 0.255 e. The molecule has 0 spiro atoms. The molecule has 2 aromatic rings. The lowest BCUT2D eigenvalue weighted by Crippen LogP contribution is -2.41. The summed E-state index contributed by atoms with van der Waals surface area (Å²) in [5, 5.41) is 3.16. The second kappa shape index (κ2) is 10.6. The van der Waals surface area contributed by atoms with Gasteiger partial charge in [0.05, 0.1) is 10.6 Å². The normalized spacial score (nSPS) is 14.2. The van der Waals surface area contributed by atoms with Crippen molar-refractivity contribution in [3.05, 3.63) is 64.4 Å². The minimum absolute atomic E-state index is 0.141. The first kappa shape index (κ1) is 23.7. The molecule has 1 N–H and O–H groups in total. The molecule has 1 aliphatic heterocycles. The van der Waals surface area contributed by atoms with Gasteiger partial charge in [-0.15, -0.1) is 0 Å². The van der Waals surface area contributed by atoms with E-state index in [4.69, 9.17) is 11.6 Å². The van der Waals surface area contributed by atoms with Gasteiger partial charge in [0.1, 0.15) is 5.82 Å². The number of hydrogen-bond acceptors (Lipinski definition) is 3. The fourth-order valence-corrected chi connectivity index (χ4v) is 4.07. The van der Waals surface area contributed by atoms with Crippen LogP contribution in [0, 0.1) is 11.7 Å². The van der Waals surface area contributed by atoms with Gasteiger partial charge in [0.2, 0.25) is 5.91 Å². The molecule has 170 valence electrons. The van der Waals surface area contributed by atoms with E-state index in [-0.39, 0.29) is 29.5 Å². The Balaban J connectivity index is 1.57. The van der Waals surface area contributed by atoms with Gasteiger partial charge in [-0.25, -0.2) is 4.39 Å². The van der Waals surface area contributed by atoms with Gasteiger partial charge in [0, 0.05) is 43.3 Å². The second-order valence-corrected chi connectivity index (χ2v) is 8.14. The Morgan fingerprint density at radius 3 is 2.25 bits per heavy atom. The Labute approximate surface area is 192 Å². The van der Waals surface area contributed by atoms with Crippen LogP contribution in [0.5, 0.6) is 0 Å². The lowest BCUT2D eigenvalue weighted by Gasteiger charge is -2.31. The number of anilines is 1. The maximum atomic E-state index is 13.1. The largest absolute Gasteiger partial charge is 0.339 e. The third kappa shape index (κ3) is 5.46. The number of piperidine rings is 1. The monoisotopic (exact) mass is 459 g/mol. The first-order valence-electron chi connectivity index (χ1n) is 10.8. The van der Waals surface area contributed by atoms with Gasteiger partial charge in [-0.05, 0) is 69.2 Å². The molecule has 32 heavy (non-hydrogen) atoms. The fraction of sp³-hybridized carbons (Fsp3) is 0.375. The minimum atomic E-state index is -0.387. The van der Waals surface area contributed by atoms with Crippen molar-refractivity contribution in [3.8, 4) is 0 Å². The van der Waals surface area contributed by atoms with E-state index >= 15 is 0 Å². The van der Waals surface area contributed by atoms with Gasteiger partial charge in [-0.3, -0.25) is 14.4 Å². The number of rotatable bonds is 6. The second-order valence-electron chi connectivity index (χ2n) is 7.73. The minimum Gasteiger partial charge on any atom is -0.339 e. The third-order valence-electron chi connectivity index (χ3n) is 5.76. The highest BCUT2D eigenvalue weighted by Crippen LogP contribution is 2.25. The number of nitrogens with one attached hydrogen (secondary N) is 1. The summed E-state index contributed by atoms with van der Waals surface area (Å²) in [6.07, 6.45) is 1.07. The van der Waals surface area contributed by atoms with Crippen LogP contribution in [0.2, 0.25) is 5.02 Å². The zero-order valence-electron chi connectivity index (χ0n) is 18.2. The van der Waals surface area contributed by atoms with Crippen LogP contribution in [-0.2, 0) is 4.79 Å². The maximum Gasteiger partial charge on any atom is 0.255 e. The van der Waals surface area contributed by atoms with Gasteiger partial charge in [0.15, 0.2) is 0 Å². The predicted molar refractivity (Wildman–Crippen MR) is 122 cm³/mol. The van der Waals surface area contributed by atoms with E-state index in [0.717, 1.165) is 0 Å². The molecule has 0 unspecified atom stereocenters. The molecule has 0 radical (unpaired) electrons. The Bertz CT molecular complexity index is 984. The number of benzene rings is 2. The van der Waals surface area contributed by atoms with E-state index in [0.29, 0.717) is 60.9 Å². The quantitative estimate of drug-likeness (QED) is 0.693. The van der Waals surface area contributed by atoms with Crippen LogP contribution in [0.15, 0.2) is 42.5 Å². The van der Waals surface area contributed by atoms with Crippen LogP contribution in [0.3, 0.4) is 0 Å². The summed E-state index contributed by atoms with van der Waals surface area (Å²) in [6.45, 7) is 5.89. The number of carbonyl (C=O) groups excluding carboxylic acids is 3. The number of amides is 3. The summed E-state index contributed by atoms with van der Waals surface area (Å²) in [6, 6.07) is 10.3. The Morgan fingerprint density at radius 2 is 1.69 bits per heavy atom. The molecule has 1 saturated heterocycles. The van der Waals surface area contributed by atoms with Crippen LogP contribution in [0.1, 0.15) is 47.4 Å². The average Bonchev–Trinajstić information content (AvgIpc) is 2.80. The van der Waals surface area contributed by atoms with E-state index in [1.807, 2.05) is 13.8 Å². The fourth-order valence-electron chi connectivity index (χ4n) is 3.81. The molecule has 3 rings (SSSR count). The van der Waals surface area contributed by atoms with Crippen molar-refractivity contribution < 1.29 is 18.8 Å². The van der Waals surface area contributed by atoms with Crippen molar-refractivity contribution in [1.29, 1.82) is 0 Å². The molecule has 2 aromatic carbocycles. The van der Waals surface area contributed by atoms with Crippen molar-refractivity contribution in [2.24, 2.45) is 5.92 Å². The van der Waals surface area contributed by atoms with Gasteiger partial charge in [0.25, 0.3) is 11.8 Å². The highest BCUT2D eigenvalue weighted by molar-refractivity contribution is 6.34. The van der Waals surface area contributed by atoms with E-state index < -0.39 is 0 Å². The molecule has 1 heterocycles. The Hall–Kier alpha value is -2.93. The van der Waals surface area contributed by atoms with E-state index in [2.05, 4.69) is 5.32 Å². The first-order chi connectivity index (χ1) is 15.3. The highest BCUT2D eigenvalue weighted by atomic mass is 35.5. The molecule has 1 aliphatic rings. The first-order valence-corrected chi connectivity index (χ1v) is 11.2. The van der Waals surface area contributed by atoms with Crippen LogP contribution in [0.4, 0.5) is 10.1 Å². The van der Waals surface area contributed by atoms with Crippen LogP contribution < -0.4 is 5.32 Å². The Kier molecular flexibility index (Phi) is 7.85. The number of likely N-dealkylation sites (tertiary alicyclic amines) is 1. The SMILES string of the molecule is CCN(CC)C(=O)c1ccc(NC(=O)C2CCN(C(=O)c3ccc(F)cc3)CC2)cc1Cl. The molecule has 0 aromatic heterocycles. The van der Waals surface area contributed by atoms with Gasteiger partial charge in [-0.1, -0.05) is 11.6 Å². The number of carbonyl (C=O) groups is 3. The summed E-state index contributed by atoms with van der Waals surface area (Å²) in [4.78, 5) is 41.1. The van der Waals surface area contributed by atoms with Gasteiger partial charge < -0.3 is 15.1 Å². The Morgan fingerprint density at radius 1 is 1.06 bits per heavy atom. The van der Waals surface area contributed by atoms with Crippen molar-refractivity contribution in [2.75, 3.05) is 31.5 Å². The summed E-state index contributed by atoms with van der Waals surface area (Å²) in [5.41, 5.74) is 1.37. The van der Waals surface area contributed by atoms with Crippen molar-refractivity contribution in [1.82, 2.24) is 9.80 Å². The third-order valence-corrected chi connectivity index (χ3v) is 6.07. The highest BCUT2D eigenvalue weighted by Gasteiger charge is 2.28. The van der Waals surface area contributed by atoms with E-state index in [1.165, 1.54) is 24.3 Å². The van der Waals surface area contributed by atoms with Crippen molar-refractivity contribution in [2.45, 2.75) is 26.7 Å². The maximum absolute atomic E-state index is 13.1. The molecule has 0 saturated carbocycles. The molecule has 6 nitrogen and oxygen atoms in total. The van der Waals surface area contributed by atoms with Gasteiger partial charge in [-0.2, -0.15) is 0 Å². The molecular formula is C24H27ClFN3O3. The van der Waals surface area contributed by atoms with Crippen LogP contribution in [0.25, 0.3) is 0 Å². The number of hydrogen-bond donors (Lipinski definition) is 1. The molecule has 0 aliphatic carbocycles. The van der Waals surface area contributed by atoms with Crippen molar-refractivity contribution >= 4 is 35.0 Å². The zero-order chi connectivity index (χ0) is 23.3. The van der Waals surface area contributed by atoms with Crippen molar-refractivity contribution in [3.63, 3.8) is 0 Å². The summed E-state index contributed by atoms with van der Waals surface area (Å²) in [7, 11) is 0. The standard InChI is InChI=1S/C24H27ClFN3O3/c1-3-28(4-2)24(32)20-10-9-19(15-21(20)25)27-22(30)16-11-13-29(14-12-16)23(31)17-5-7-18(26)8-6-17/h5-10,15-16H,3-4,11-14H2,1-2H3,(H,27,30). The van der Waals surface area contributed by atoms with Crippen LogP contribution in [-0.4, -0.2) is 53.7 Å². The summed E-state index contributed by atoms with van der Waals surface area (Å²) < 4.78 is 13.1. The zero-order valence-corrected chi connectivity index (χ0v) is 19.0. The number of nitrogens with zero attached hydrogens (tertiary/aromatic N) is 2. The molecule has 3 amide bonds. The molecule has 1 fully saturated rings. The average molecular weight is 460 g/mol. The summed E-state index contributed by atoms with van der Waals surface area (Å²) in [5.74, 6) is -1.07. The van der Waals surface area contributed by atoms with Crippen LogP contribution >= 0.6 is 11.6 Å². The summed E-state index contributed by atoms with van der Waals surface area (Å²) >= 11 is 6.31. The molecule has 0 bridgehead atoms. The lowest BCUT2D eigenvalue weighted by atomic mass is 9.95. The molecule has 8 heteroatoms. The molecular weight excluding hydrogens is 433 g/mol. The molecule has 0 atom stereocenters.